The van der Waals surface area contributed by atoms with Crippen LogP contribution in [0.1, 0.15) is 40.5 Å². The average molecular weight is 244 g/mol. The van der Waals surface area contributed by atoms with Crippen LogP contribution in [0, 0.1) is 5.92 Å². The van der Waals surface area contributed by atoms with Gasteiger partial charge in [0.25, 0.3) is 0 Å². The highest BCUT2D eigenvalue weighted by atomic mass is 16.3. The van der Waals surface area contributed by atoms with Gasteiger partial charge in [-0.3, -0.25) is 9.69 Å². The van der Waals surface area contributed by atoms with Gasteiger partial charge >= 0.3 is 0 Å². The Bertz CT molecular complexity index is 219. The molecule has 0 rings (SSSR count). The fourth-order valence-corrected chi connectivity index (χ4v) is 1.50. The number of nitrogens with one attached hydrogen (secondary N) is 1. The van der Waals surface area contributed by atoms with E-state index in [0.29, 0.717) is 12.5 Å². The summed E-state index contributed by atoms with van der Waals surface area (Å²) in [4.78, 5) is 13.5. The molecule has 0 bridgehead atoms. The Kier molecular flexibility index (Phi) is 8.17. The van der Waals surface area contributed by atoms with Gasteiger partial charge in [0.15, 0.2) is 0 Å². The van der Waals surface area contributed by atoms with Crippen LogP contribution in [0.25, 0.3) is 0 Å². The highest BCUT2D eigenvalue weighted by Crippen LogP contribution is 2.06. The standard InChI is InChI=1S/C13H28N2O2/c1-10(2)6-7-11(3)14-13(17)8-15(5)12(4)9-16/h10-12,16H,6-9H2,1-5H3,(H,14,17). The summed E-state index contributed by atoms with van der Waals surface area (Å²) in [7, 11) is 1.85. The molecule has 0 fully saturated rings. The average Bonchev–Trinajstić information content (AvgIpc) is 2.24. The second-order valence-electron chi connectivity index (χ2n) is 5.39. The molecule has 0 heterocycles. The van der Waals surface area contributed by atoms with Crippen molar-refractivity contribution in [2.24, 2.45) is 5.92 Å². The van der Waals surface area contributed by atoms with E-state index < -0.39 is 0 Å². The number of aliphatic hydroxyl groups excluding tert-OH is 1. The van der Waals surface area contributed by atoms with E-state index in [1.165, 1.54) is 0 Å². The summed E-state index contributed by atoms with van der Waals surface area (Å²) in [6.07, 6.45) is 2.15. The molecular weight excluding hydrogens is 216 g/mol. The van der Waals surface area contributed by atoms with Gasteiger partial charge in [0, 0.05) is 12.1 Å². The largest absolute Gasteiger partial charge is 0.395 e. The van der Waals surface area contributed by atoms with E-state index in [4.69, 9.17) is 5.11 Å². The number of amides is 1. The fourth-order valence-electron chi connectivity index (χ4n) is 1.50. The van der Waals surface area contributed by atoms with Gasteiger partial charge in [-0.25, -0.2) is 0 Å². The molecule has 0 aromatic carbocycles. The predicted molar refractivity (Wildman–Crippen MR) is 70.9 cm³/mol. The molecule has 17 heavy (non-hydrogen) atoms. The van der Waals surface area contributed by atoms with Gasteiger partial charge in [-0.2, -0.15) is 0 Å². The minimum Gasteiger partial charge on any atom is -0.395 e. The molecule has 4 heteroatoms. The molecule has 2 atom stereocenters. The Balaban J connectivity index is 3.85. The predicted octanol–water partition coefficient (Wildman–Crippen LogP) is 1.24. The molecule has 0 aliphatic rings. The summed E-state index contributed by atoms with van der Waals surface area (Å²) < 4.78 is 0. The molecule has 4 nitrogen and oxygen atoms in total. The summed E-state index contributed by atoms with van der Waals surface area (Å²) in [5.41, 5.74) is 0. The third kappa shape index (κ3) is 8.16. The Morgan fingerprint density at radius 1 is 1.24 bits per heavy atom. The number of likely N-dealkylation sites (N-methyl/N-ethyl adjacent to an activating group) is 1. The number of rotatable bonds is 8. The molecule has 0 spiro atoms. The summed E-state index contributed by atoms with van der Waals surface area (Å²) in [5.74, 6) is 0.704. The van der Waals surface area contributed by atoms with Crippen LogP contribution in [-0.4, -0.2) is 48.2 Å². The first-order valence-electron chi connectivity index (χ1n) is 6.47. The lowest BCUT2D eigenvalue weighted by Crippen LogP contribution is -2.43. The molecule has 1 amide bonds. The van der Waals surface area contributed by atoms with Crippen LogP contribution in [0.4, 0.5) is 0 Å². The lowest BCUT2D eigenvalue weighted by Gasteiger charge is -2.23. The number of hydrogen-bond acceptors (Lipinski definition) is 3. The maximum atomic E-state index is 11.7. The lowest BCUT2D eigenvalue weighted by molar-refractivity contribution is -0.123. The molecule has 0 saturated carbocycles. The van der Waals surface area contributed by atoms with Crippen molar-refractivity contribution >= 4 is 5.91 Å². The number of aliphatic hydroxyl groups is 1. The van der Waals surface area contributed by atoms with Gasteiger partial charge < -0.3 is 10.4 Å². The van der Waals surface area contributed by atoms with Gasteiger partial charge in [-0.1, -0.05) is 13.8 Å². The van der Waals surface area contributed by atoms with Crippen molar-refractivity contribution in [1.82, 2.24) is 10.2 Å². The molecule has 0 radical (unpaired) electrons. The van der Waals surface area contributed by atoms with Crippen molar-refractivity contribution in [3.05, 3.63) is 0 Å². The van der Waals surface area contributed by atoms with Crippen LogP contribution in [0.3, 0.4) is 0 Å². The van der Waals surface area contributed by atoms with E-state index in [1.54, 1.807) is 0 Å². The maximum Gasteiger partial charge on any atom is 0.234 e. The minimum absolute atomic E-state index is 0.0201. The van der Waals surface area contributed by atoms with Crippen molar-refractivity contribution < 1.29 is 9.90 Å². The Morgan fingerprint density at radius 2 is 1.82 bits per heavy atom. The monoisotopic (exact) mass is 244 g/mol. The maximum absolute atomic E-state index is 11.7. The van der Waals surface area contributed by atoms with Gasteiger partial charge in [0.1, 0.15) is 0 Å². The SMILES string of the molecule is CC(C)CCC(C)NC(=O)CN(C)C(C)CO. The molecule has 2 N–H and O–H groups in total. The Hall–Kier alpha value is -0.610. The van der Waals surface area contributed by atoms with Crippen LogP contribution >= 0.6 is 0 Å². The second kappa shape index (κ2) is 8.48. The second-order valence-corrected chi connectivity index (χ2v) is 5.39. The number of hydrogen-bond donors (Lipinski definition) is 2. The minimum atomic E-state index is 0.0201. The zero-order chi connectivity index (χ0) is 13.4. The van der Waals surface area contributed by atoms with E-state index in [2.05, 4.69) is 19.2 Å². The fraction of sp³-hybridized carbons (Fsp3) is 0.923. The zero-order valence-electron chi connectivity index (χ0n) is 11.9. The third-order valence-corrected chi connectivity index (χ3v) is 2.99. The first kappa shape index (κ1) is 16.4. The number of nitrogens with zero attached hydrogens (tertiary/aromatic N) is 1. The van der Waals surface area contributed by atoms with Crippen LogP contribution < -0.4 is 5.32 Å². The van der Waals surface area contributed by atoms with E-state index in [9.17, 15) is 4.79 Å². The Labute approximate surface area is 105 Å². The summed E-state index contributed by atoms with van der Waals surface area (Å²) >= 11 is 0. The molecule has 0 aromatic rings. The number of carbonyl (C=O) groups is 1. The zero-order valence-corrected chi connectivity index (χ0v) is 11.9. The first-order valence-corrected chi connectivity index (χ1v) is 6.47. The van der Waals surface area contributed by atoms with Crippen molar-refractivity contribution in [3.63, 3.8) is 0 Å². The smallest absolute Gasteiger partial charge is 0.234 e. The van der Waals surface area contributed by atoms with Gasteiger partial charge in [0.2, 0.25) is 5.91 Å². The van der Waals surface area contributed by atoms with Gasteiger partial charge in [0.05, 0.1) is 13.2 Å². The van der Waals surface area contributed by atoms with E-state index >= 15 is 0 Å². The van der Waals surface area contributed by atoms with Crippen LogP contribution in [0.5, 0.6) is 0 Å². The lowest BCUT2D eigenvalue weighted by atomic mass is 10.0. The normalized spacial score (nSPS) is 15.1. The quantitative estimate of drug-likeness (QED) is 0.675. The summed E-state index contributed by atoms with van der Waals surface area (Å²) in [6, 6.07) is 0.245. The van der Waals surface area contributed by atoms with E-state index in [0.717, 1.165) is 12.8 Å². The first-order chi connectivity index (χ1) is 7.86. The van der Waals surface area contributed by atoms with Crippen molar-refractivity contribution in [2.75, 3.05) is 20.2 Å². The van der Waals surface area contributed by atoms with Crippen LogP contribution in [-0.2, 0) is 4.79 Å². The molecule has 0 aliphatic carbocycles. The van der Waals surface area contributed by atoms with E-state index in [-0.39, 0.29) is 24.6 Å². The molecule has 2 unspecified atom stereocenters. The Morgan fingerprint density at radius 3 is 2.29 bits per heavy atom. The summed E-state index contributed by atoms with van der Waals surface area (Å²) in [5, 5.41) is 12.0. The van der Waals surface area contributed by atoms with Crippen molar-refractivity contribution in [1.29, 1.82) is 0 Å². The van der Waals surface area contributed by atoms with Gasteiger partial charge in [-0.15, -0.1) is 0 Å². The van der Waals surface area contributed by atoms with Crippen LogP contribution in [0.15, 0.2) is 0 Å². The molecule has 102 valence electrons. The molecular formula is C13H28N2O2. The van der Waals surface area contributed by atoms with Crippen molar-refractivity contribution in [3.8, 4) is 0 Å². The topological polar surface area (TPSA) is 52.6 Å². The molecule has 0 aromatic heterocycles. The third-order valence-electron chi connectivity index (χ3n) is 2.99. The number of carbonyl (C=O) groups excluding carboxylic acids is 1. The highest BCUT2D eigenvalue weighted by Gasteiger charge is 2.13. The van der Waals surface area contributed by atoms with Gasteiger partial charge in [-0.05, 0) is 39.7 Å². The van der Waals surface area contributed by atoms with Crippen molar-refractivity contribution in [2.45, 2.75) is 52.6 Å². The highest BCUT2D eigenvalue weighted by molar-refractivity contribution is 5.78. The van der Waals surface area contributed by atoms with E-state index in [1.807, 2.05) is 25.8 Å². The van der Waals surface area contributed by atoms with Crippen LogP contribution in [0.2, 0.25) is 0 Å². The molecule has 0 saturated heterocycles. The molecule has 0 aliphatic heterocycles. The summed E-state index contributed by atoms with van der Waals surface area (Å²) in [6.45, 7) is 8.72.